The fourth-order valence-electron chi connectivity index (χ4n) is 3.62. The Bertz CT molecular complexity index is 286. The van der Waals surface area contributed by atoms with Crippen LogP contribution in [-0.4, -0.2) is 37.0 Å². The van der Waals surface area contributed by atoms with Crippen LogP contribution in [0, 0.1) is 11.8 Å². The van der Waals surface area contributed by atoms with E-state index in [1.165, 1.54) is 44.9 Å². The van der Waals surface area contributed by atoms with Crippen molar-refractivity contribution in [2.45, 2.75) is 64.3 Å². The Balaban J connectivity index is 0.00000200. The van der Waals surface area contributed by atoms with Crippen molar-refractivity contribution in [2.75, 3.05) is 20.1 Å². The first kappa shape index (κ1) is 17.8. The second-order valence-electron chi connectivity index (χ2n) is 6.58. The van der Waals surface area contributed by atoms with E-state index in [4.69, 9.17) is 0 Å². The van der Waals surface area contributed by atoms with Gasteiger partial charge in [0, 0.05) is 19.5 Å². The molecule has 2 rings (SSSR count). The van der Waals surface area contributed by atoms with Gasteiger partial charge in [0.25, 0.3) is 0 Å². The van der Waals surface area contributed by atoms with Crippen LogP contribution in [0.5, 0.6) is 0 Å². The zero-order chi connectivity index (χ0) is 13.7. The maximum absolute atomic E-state index is 12.4. The van der Waals surface area contributed by atoms with Crippen molar-refractivity contribution in [3.05, 3.63) is 0 Å². The smallest absolute Gasteiger partial charge is 0.222 e. The van der Waals surface area contributed by atoms with Crippen LogP contribution in [0.15, 0.2) is 0 Å². The van der Waals surface area contributed by atoms with Gasteiger partial charge in [0.2, 0.25) is 5.91 Å². The minimum atomic E-state index is 0. The van der Waals surface area contributed by atoms with E-state index in [0.29, 0.717) is 23.8 Å². The van der Waals surface area contributed by atoms with Crippen LogP contribution < -0.4 is 5.32 Å². The summed E-state index contributed by atoms with van der Waals surface area (Å²) in [7, 11) is 2.02. The summed E-state index contributed by atoms with van der Waals surface area (Å²) < 4.78 is 0. The molecule has 20 heavy (non-hydrogen) atoms. The van der Waals surface area contributed by atoms with Crippen molar-refractivity contribution in [2.24, 2.45) is 11.8 Å². The Morgan fingerprint density at radius 1 is 1.20 bits per heavy atom. The number of nitrogens with one attached hydrogen (secondary N) is 1. The van der Waals surface area contributed by atoms with Crippen molar-refractivity contribution in [3.63, 3.8) is 0 Å². The standard InChI is InChI=1S/C16H30N2O.ClH/c1-13(14-7-6-10-17-12-14)11-16(19)18(2)15-8-4-3-5-9-15;/h13-15,17H,3-12H2,1-2H3;1H. The van der Waals surface area contributed by atoms with Crippen LogP contribution in [-0.2, 0) is 4.79 Å². The zero-order valence-electron chi connectivity index (χ0n) is 13.1. The second kappa shape index (κ2) is 8.89. The summed E-state index contributed by atoms with van der Waals surface area (Å²) in [6.45, 7) is 4.50. The van der Waals surface area contributed by atoms with Gasteiger partial charge in [0.05, 0.1) is 0 Å². The summed E-state index contributed by atoms with van der Waals surface area (Å²) >= 11 is 0. The molecule has 1 heterocycles. The number of carbonyl (C=O) groups is 1. The highest BCUT2D eigenvalue weighted by Gasteiger charge is 2.26. The van der Waals surface area contributed by atoms with E-state index >= 15 is 0 Å². The average Bonchev–Trinajstić information content (AvgIpc) is 2.48. The average molecular weight is 303 g/mol. The minimum absolute atomic E-state index is 0. The van der Waals surface area contributed by atoms with Crippen LogP contribution in [0.1, 0.15) is 58.3 Å². The maximum Gasteiger partial charge on any atom is 0.222 e. The lowest BCUT2D eigenvalue weighted by Gasteiger charge is -2.33. The Kier molecular flexibility index (Phi) is 7.90. The first-order chi connectivity index (χ1) is 9.18. The lowest BCUT2D eigenvalue weighted by Crippen LogP contribution is -2.40. The number of rotatable bonds is 4. The number of piperidine rings is 1. The highest BCUT2D eigenvalue weighted by molar-refractivity contribution is 5.85. The van der Waals surface area contributed by atoms with Crippen molar-refractivity contribution in [3.8, 4) is 0 Å². The quantitative estimate of drug-likeness (QED) is 0.865. The summed E-state index contributed by atoms with van der Waals surface area (Å²) in [5.41, 5.74) is 0. The molecule has 1 aliphatic carbocycles. The van der Waals surface area contributed by atoms with E-state index in [9.17, 15) is 4.79 Å². The van der Waals surface area contributed by atoms with Crippen molar-refractivity contribution >= 4 is 18.3 Å². The van der Waals surface area contributed by atoms with Crippen LogP contribution in [0.4, 0.5) is 0 Å². The molecule has 3 nitrogen and oxygen atoms in total. The second-order valence-corrected chi connectivity index (χ2v) is 6.58. The normalized spacial score (nSPS) is 25.6. The zero-order valence-corrected chi connectivity index (χ0v) is 13.9. The van der Waals surface area contributed by atoms with Crippen molar-refractivity contribution in [1.29, 1.82) is 0 Å². The number of nitrogens with zero attached hydrogens (tertiary/aromatic N) is 1. The van der Waals surface area contributed by atoms with Crippen LogP contribution in [0.25, 0.3) is 0 Å². The van der Waals surface area contributed by atoms with Crippen LogP contribution >= 0.6 is 12.4 Å². The summed E-state index contributed by atoms with van der Waals surface area (Å²) in [4.78, 5) is 14.4. The Morgan fingerprint density at radius 3 is 2.50 bits per heavy atom. The molecule has 1 aliphatic heterocycles. The predicted molar refractivity (Wildman–Crippen MR) is 86.3 cm³/mol. The number of hydrogen-bond donors (Lipinski definition) is 1. The molecule has 1 amide bonds. The van der Waals surface area contributed by atoms with Crippen LogP contribution in [0.2, 0.25) is 0 Å². The summed E-state index contributed by atoms with van der Waals surface area (Å²) in [5.74, 6) is 1.58. The molecule has 118 valence electrons. The molecule has 2 atom stereocenters. The molecular weight excluding hydrogens is 272 g/mol. The molecule has 2 unspecified atom stereocenters. The molecule has 1 N–H and O–H groups in total. The van der Waals surface area contributed by atoms with Gasteiger partial charge in [-0.05, 0) is 50.6 Å². The van der Waals surface area contributed by atoms with Gasteiger partial charge in [-0.2, -0.15) is 0 Å². The van der Waals surface area contributed by atoms with Gasteiger partial charge >= 0.3 is 0 Å². The lowest BCUT2D eigenvalue weighted by atomic mass is 9.85. The minimum Gasteiger partial charge on any atom is -0.343 e. The molecule has 1 saturated carbocycles. The van der Waals surface area contributed by atoms with E-state index in [0.717, 1.165) is 19.5 Å². The molecule has 0 aromatic heterocycles. The van der Waals surface area contributed by atoms with Crippen molar-refractivity contribution in [1.82, 2.24) is 10.2 Å². The summed E-state index contributed by atoms with van der Waals surface area (Å²) in [6, 6.07) is 0.512. The third-order valence-electron chi connectivity index (χ3n) is 5.15. The van der Waals surface area contributed by atoms with Gasteiger partial charge in [0.1, 0.15) is 0 Å². The van der Waals surface area contributed by atoms with Crippen LogP contribution in [0.3, 0.4) is 0 Å². The van der Waals surface area contributed by atoms with Gasteiger partial charge < -0.3 is 10.2 Å². The predicted octanol–water partition coefficient (Wildman–Crippen LogP) is 3.23. The first-order valence-electron chi connectivity index (χ1n) is 8.15. The Morgan fingerprint density at radius 2 is 1.90 bits per heavy atom. The Labute approximate surface area is 130 Å². The Hall–Kier alpha value is -0.280. The highest BCUT2D eigenvalue weighted by atomic mass is 35.5. The third-order valence-corrected chi connectivity index (χ3v) is 5.15. The SMILES string of the molecule is CC(CC(=O)N(C)C1CCCCC1)C1CCCNC1.Cl. The van der Waals surface area contributed by atoms with Gasteiger partial charge in [-0.15, -0.1) is 12.4 Å². The van der Waals surface area contributed by atoms with E-state index < -0.39 is 0 Å². The molecular formula is C16H31ClN2O. The molecule has 0 aromatic carbocycles. The lowest BCUT2D eigenvalue weighted by molar-refractivity contribution is -0.133. The van der Waals surface area contributed by atoms with E-state index in [1.54, 1.807) is 0 Å². The number of halogens is 1. The molecule has 2 fully saturated rings. The number of hydrogen-bond acceptors (Lipinski definition) is 2. The number of amides is 1. The van der Waals surface area contributed by atoms with E-state index in [1.807, 2.05) is 11.9 Å². The fraction of sp³-hybridized carbons (Fsp3) is 0.938. The van der Waals surface area contributed by atoms with Gasteiger partial charge in [-0.3, -0.25) is 4.79 Å². The monoisotopic (exact) mass is 302 g/mol. The molecule has 0 spiro atoms. The number of carbonyl (C=O) groups excluding carboxylic acids is 1. The topological polar surface area (TPSA) is 32.3 Å². The summed E-state index contributed by atoms with van der Waals surface area (Å²) in [5, 5.41) is 3.46. The molecule has 2 aliphatic rings. The molecule has 1 saturated heterocycles. The van der Waals surface area contributed by atoms with E-state index in [2.05, 4.69) is 12.2 Å². The third kappa shape index (κ3) is 4.92. The van der Waals surface area contributed by atoms with Gasteiger partial charge in [-0.1, -0.05) is 26.2 Å². The van der Waals surface area contributed by atoms with Crippen molar-refractivity contribution < 1.29 is 4.79 Å². The van der Waals surface area contributed by atoms with Gasteiger partial charge in [-0.25, -0.2) is 0 Å². The van der Waals surface area contributed by atoms with E-state index in [-0.39, 0.29) is 12.4 Å². The molecule has 0 bridgehead atoms. The summed E-state index contributed by atoms with van der Waals surface area (Å²) in [6.07, 6.45) is 9.65. The highest BCUT2D eigenvalue weighted by Crippen LogP contribution is 2.26. The molecule has 0 aromatic rings. The molecule has 4 heteroatoms. The maximum atomic E-state index is 12.4. The molecule has 0 radical (unpaired) electrons. The van der Waals surface area contributed by atoms with Gasteiger partial charge in [0.15, 0.2) is 0 Å². The fourth-order valence-corrected chi connectivity index (χ4v) is 3.62. The largest absolute Gasteiger partial charge is 0.343 e. The first-order valence-corrected chi connectivity index (χ1v) is 8.15.